The Morgan fingerprint density at radius 1 is 0.718 bits per heavy atom. The van der Waals surface area contributed by atoms with E-state index in [4.69, 9.17) is 17.0 Å². The van der Waals surface area contributed by atoms with E-state index in [0.717, 1.165) is 11.8 Å². The summed E-state index contributed by atoms with van der Waals surface area (Å²) in [6.07, 6.45) is 0. The Labute approximate surface area is 234 Å². The lowest BCUT2D eigenvalue weighted by atomic mass is 10.1. The minimum Gasteiger partial charge on any atom is -0.427 e. The minimum absolute atomic E-state index is 0.234. The van der Waals surface area contributed by atoms with Crippen molar-refractivity contribution < 1.29 is 14.3 Å². The SMILES string of the molecule is CC(=O)Oc1ccc(C(=O)Sc2c(-c3ccccc3)c(=O)n(-c3ccccc3)c(=S)n2-c2ccccc2)cc1. The largest absolute Gasteiger partial charge is 0.427 e. The van der Waals surface area contributed by atoms with Crippen molar-refractivity contribution in [1.82, 2.24) is 9.13 Å². The van der Waals surface area contributed by atoms with Crippen molar-refractivity contribution in [3.8, 4) is 28.3 Å². The number of thioether (sulfide) groups is 1. The lowest BCUT2D eigenvalue weighted by Gasteiger charge is -2.20. The Morgan fingerprint density at radius 3 is 1.77 bits per heavy atom. The molecule has 0 aliphatic heterocycles. The third-order valence-electron chi connectivity index (χ3n) is 5.85. The molecule has 4 aromatic carbocycles. The molecule has 0 spiro atoms. The van der Waals surface area contributed by atoms with Crippen molar-refractivity contribution in [1.29, 1.82) is 0 Å². The van der Waals surface area contributed by atoms with Gasteiger partial charge in [-0.15, -0.1) is 0 Å². The monoisotopic (exact) mass is 550 g/mol. The number of rotatable bonds is 6. The van der Waals surface area contributed by atoms with E-state index in [1.807, 2.05) is 91.0 Å². The summed E-state index contributed by atoms with van der Waals surface area (Å²) in [5.74, 6) is -0.108. The number of hydrogen-bond acceptors (Lipinski definition) is 6. The summed E-state index contributed by atoms with van der Waals surface area (Å²) >= 11 is 6.85. The van der Waals surface area contributed by atoms with Crippen LogP contribution in [-0.2, 0) is 4.79 Å². The van der Waals surface area contributed by atoms with Gasteiger partial charge >= 0.3 is 5.97 Å². The lowest BCUT2D eigenvalue weighted by Crippen LogP contribution is -2.27. The molecule has 0 saturated carbocycles. The Bertz CT molecular complexity index is 1690. The Hall–Kier alpha value is -4.53. The van der Waals surface area contributed by atoms with E-state index in [9.17, 15) is 14.4 Å². The highest BCUT2D eigenvalue weighted by Crippen LogP contribution is 2.34. The summed E-state index contributed by atoms with van der Waals surface area (Å²) in [5, 5.41) is 0.112. The molecule has 0 radical (unpaired) electrons. The van der Waals surface area contributed by atoms with E-state index in [1.54, 1.807) is 28.8 Å². The van der Waals surface area contributed by atoms with Crippen LogP contribution >= 0.6 is 24.0 Å². The number of nitrogens with zero attached hydrogens (tertiary/aromatic N) is 2. The smallest absolute Gasteiger partial charge is 0.308 e. The van der Waals surface area contributed by atoms with Gasteiger partial charge in [-0.2, -0.15) is 0 Å². The average Bonchev–Trinajstić information content (AvgIpc) is 2.95. The van der Waals surface area contributed by atoms with E-state index in [1.165, 1.54) is 11.5 Å². The van der Waals surface area contributed by atoms with E-state index < -0.39 is 5.97 Å². The highest BCUT2D eigenvalue weighted by molar-refractivity contribution is 8.14. The van der Waals surface area contributed by atoms with Crippen LogP contribution < -0.4 is 10.3 Å². The van der Waals surface area contributed by atoms with Gasteiger partial charge in [-0.3, -0.25) is 23.5 Å². The molecule has 0 aliphatic carbocycles. The van der Waals surface area contributed by atoms with Crippen molar-refractivity contribution in [3.63, 3.8) is 0 Å². The number of ether oxygens (including phenoxy) is 1. The number of para-hydroxylation sites is 2. The molecule has 0 bridgehead atoms. The fourth-order valence-electron chi connectivity index (χ4n) is 4.12. The zero-order chi connectivity index (χ0) is 27.4. The molecular weight excluding hydrogens is 528 g/mol. The standard InChI is InChI=1S/C31H22N2O4S2/c1-21(34)37-26-19-17-23(18-20-26)30(36)39-29-27(22-11-5-2-6-12-22)28(35)32(24-13-7-3-8-14-24)31(38)33(29)25-15-9-4-10-16-25/h2-20H,1H3. The topological polar surface area (TPSA) is 70.3 Å². The third kappa shape index (κ3) is 5.52. The van der Waals surface area contributed by atoms with Crippen molar-refractivity contribution in [3.05, 3.63) is 136 Å². The molecule has 0 N–H and O–H groups in total. The normalized spacial score (nSPS) is 10.7. The van der Waals surface area contributed by atoms with E-state index in [-0.39, 0.29) is 15.4 Å². The first-order chi connectivity index (χ1) is 18.9. The Balaban J connectivity index is 1.76. The molecule has 0 aliphatic rings. The number of hydrogen-bond donors (Lipinski definition) is 0. The molecule has 0 fully saturated rings. The third-order valence-corrected chi connectivity index (χ3v) is 7.21. The van der Waals surface area contributed by atoms with Gasteiger partial charge in [-0.1, -0.05) is 66.7 Å². The van der Waals surface area contributed by atoms with Gasteiger partial charge in [0.25, 0.3) is 5.56 Å². The molecule has 8 heteroatoms. The summed E-state index contributed by atoms with van der Waals surface area (Å²) in [6, 6.07) is 34.1. The zero-order valence-corrected chi connectivity index (χ0v) is 22.4. The maximum absolute atomic E-state index is 14.2. The second-order valence-corrected chi connectivity index (χ2v) is 9.81. The van der Waals surface area contributed by atoms with Crippen LogP contribution in [0.3, 0.4) is 0 Å². The highest BCUT2D eigenvalue weighted by atomic mass is 32.2. The Kier molecular flexibility index (Phi) is 7.67. The molecule has 0 saturated heterocycles. The van der Waals surface area contributed by atoms with Gasteiger partial charge in [0.2, 0.25) is 5.12 Å². The highest BCUT2D eigenvalue weighted by Gasteiger charge is 2.24. The Morgan fingerprint density at radius 2 is 1.23 bits per heavy atom. The predicted octanol–water partition coefficient (Wildman–Crippen LogP) is 6.88. The van der Waals surface area contributed by atoms with Crippen LogP contribution in [0.1, 0.15) is 17.3 Å². The predicted molar refractivity (Wildman–Crippen MR) is 156 cm³/mol. The number of carbonyl (C=O) groups is 2. The van der Waals surface area contributed by atoms with E-state index in [2.05, 4.69) is 0 Å². The van der Waals surface area contributed by atoms with Crippen molar-refractivity contribution in [2.75, 3.05) is 0 Å². The van der Waals surface area contributed by atoms with Gasteiger partial charge in [-0.05, 0) is 78.1 Å². The van der Waals surface area contributed by atoms with Gasteiger partial charge in [0.1, 0.15) is 10.8 Å². The first kappa shape index (κ1) is 26.1. The molecule has 1 heterocycles. The van der Waals surface area contributed by atoms with Gasteiger partial charge in [0.15, 0.2) is 4.77 Å². The fraction of sp³-hybridized carbons (Fsp3) is 0.0323. The van der Waals surface area contributed by atoms with Crippen LogP contribution in [0.15, 0.2) is 125 Å². The fourth-order valence-corrected chi connectivity index (χ4v) is 5.58. The number of esters is 1. The lowest BCUT2D eigenvalue weighted by molar-refractivity contribution is -0.131. The zero-order valence-electron chi connectivity index (χ0n) is 20.8. The number of benzene rings is 4. The minimum atomic E-state index is -0.447. The first-order valence-corrected chi connectivity index (χ1v) is 13.3. The average molecular weight is 551 g/mol. The van der Waals surface area contributed by atoms with Crippen molar-refractivity contribution >= 4 is 35.1 Å². The van der Waals surface area contributed by atoms with Crippen LogP contribution in [-0.4, -0.2) is 20.2 Å². The number of carbonyl (C=O) groups excluding carboxylic acids is 2. The van der Waals surface area contributed by atoms with Crippen LogP contribution in [0.2, 0.25) is 0 Å². The molecule has 0 unspecified atom stereocenters. The maximum atomic E-state index is 14.2. The first-order valence-electron chi connectivity index (χ1n) is 12.0. The van der Waals surface area contributed by atoms with E-state index >= 15 is 0 Å². The molecule has 1 aromatic heterocycles. The molecule has 5 aromatic rings. The summed E-state index contributed by atoms with van der Waals surface area (Å²) in [7, 11) is 0. The second kappa shape index (κ2) is 11.5. The second-order valence-electron chi connectivity index (χ2n) is 8.48. The quantitative estimate of drug-likeness (QED) is 0.0755. The summed E-state index contributed by atoms with van der Waals surface area (Å²) < 4.78 is 8.58. The van der Waals surface area contributed by atoms with E-state index in [0.29, 0.717) is 38.8 Å². The van der Waals surface area contributed by atoms with Gasteiger partial charge in [0, 0.05) is 18.2 Å². The molecule has 192 valence electrons. The van der Waals surface area contributed by atoms with Gasteiger partial charge in [-0.25, -0.2) is 0 Å². The molecule has 39 heavy (non-hydrogen) atoms. The van der Waals surface area contributed by atoms with Crippen LogP contribution in [0, 0.1) is 4.77 Å². The van der Waals surface area contributed by atoms with Crippen molar-refractivity contribution in [2.24, 2.45) is 0 Å². The molecule has 0 atom stereocenters. The molecule has 0 amide bonds. The number of aromatic nitrogens is 2. The van der Waals surface area contributed by atoms with Crippen LogP contribution in [0.5, 0.6) is 5.75 Å². The molecular formula is C31H22N2O4S2. The van der Waals surface area contributed by atoms with Crippen LogP contribution in [0.4, 0.5) is 0 Å². The van der Waals surface area contributed by atoms with Gasteiger partial charge in [0.05, 0.1) is 11.3 Å². The summed E-state index contributed by atoms with van der Waals surface area (Å²) in [6.45, 7) is 1.31. The maximum Gasteiger partial charge on any atom is 0.308 e. The summed E-state index contributed by atoms with van der Waals surface area (Å²) in [4.78, 5) is 39.0. The summed E-state index contributed by atoms with van der Waals surface area (Å²) in [5.41, 5.74) is 2.40. The van der Waals surface area contributed by atoms with Gasteiger partial charge < -0.3 is 4.74 Å². The van der Waals surface area contributed by atoms with Crippen molar-refractivity contribution in [2.45, 2.75) is 11.9 Å². The van der Waals surface area contributed by atoms with Crippen LogP contribution in [0.25, 0.3) is 22.5 Å². The molecule has 6 nitrogen and oxygen atoms in total. The molecule has 5 rings (SSSR count).